The molecule has 2 heterocycles. The first-order chi connectivity index (χ1) is 13.6. The number of carbonyl (C=O) groups is 1. The van der Waals surface area contributed by atoms with Gasteiger partial charge in [0.1, 0.15) is 5.01 Å². The zero-order valence-corrected chi connectivity index (χ0v) is 16.6. The summed E-state index contributed by atoms with van der Waals surface area (Å²) >= 11 is 1.34. The van der Waals surface area contributed by atoms with E-state index in [4.69, 9.17) is 5.73 Å². The Morgan fingerprint density at radius 1 is 1.21 bits per heavy atom. The van der Waals surface area contributed by atoms with Crippen LogP contribution in [0, 0.1) is 6.92 Å². The molecule has 2 aromatic carbocycles. The second-order valence-electron chi connectivity index (χ2n) is 7.04. The molecule has 3 aromatic rings. The van der Waals surface area contributed by atoms with E-state index in [0.29, 0.717) is 18.1 Å². The van der Waals surface area contributed by atoms with Gasteiger partial charge in [0.05, 0.1) is 6.54 Å². The number of fused-ring (bicyclic) bond motifs is 1. The minimum Gasteiger partial charge on any atom is -0.398 e. The normalized spacial score (nSPS) is 13.2. The Morgan fingerprint density at radius 3 is 2.86 bits per heavy atom. The van der Waals surface area contributed by atoms with Crippen molar-refractivity contribution in [2.45, 2.75) is 32.9 Å². The zero-order valence-electron chi connectivity index (χ0n) is 15.8. The summed E-state index contributed by atoms with van der Waals surface area (Å²) in [5.41, 5.74) is 11.6. The van der Waals surface area contributed by atoms with Gasteiger partial charge in [-0.3, -0.25) is 4.79 Å². The molecule has 144 valence electrons. The molecule has 0 atom stereocenters. The summed E-state index contributed by atoms with van der Waals surface area (Å²) in [6.45, 7) is 4.11. The van der Waals surface area contributed by atoms with Crippen molar-refractivity contribution in [1.82, 2.24) is 15.5 Å². The molecular weight excluding hydrogens is 370 g/mol. The molecular formula is C21H23N5OS. The van der Waals surface area contributed by atoms with Crippen molar-refractivity contribution in [3.63, 3.8) is 0 Å². The molecule has 4 rings (SSSR count). The van der Waals surface area contributed by atoms with Gasteiger partial charge in [0.15, 0.2) is 0 Å². The number of hydrogen-bond acceptors (Lipinski definition) is 6. The van der Waals surface area contributed by atoms with Crippen LogP contribution in [0.25, 0.3) is 0 Å². The minimum atomic E-state index is -0.187. The Morgan fingerprint density at radius 2 is 2.04 bits per heavy atom. The smallest absolute Gasteiger partial charge is 0.282 e. The van der Waals surface area contributed by atoms with E-state index in [0.717, 1.165) is 41.3 Å². The van der Waals surface area contributed by atoms with E-state index in [1.54, 1.807) is 0 Å². The van der Waals surface area contributed by atoms with E-state index < -0.39 is 0 Å². The van der Waals surface area contributed by atoms with Gasteiger partial charge in [-0.1, -0.05) is 47.2 Å². The van der Waals surface area contributed by atoms with Gasteiger partial charge in [0.25, 0.3) is 5.91 Å². The summed E-state index contributed by atoms with van der Waals surface area (Å²) in [4.78, 5) is 14.7. The maximum absolute atomic E-state index is 12.4. The first-order valence-corrected chi connectivity index (χ1v) is 10.2. The van der Waals surface area contributed by atoms with Crippen molar-refractivity contribution in [1.29, 1.82) is 0 Å². The highest BCUT2D eigenvalue weighted by molar-refractivity contribution is 7.13. The maximum atomic E-state index is 12.4. The number of nitrogen functional groups attached to an aromatic ring is 1. The number of nitrogens with one attached hydrogen (secondary N) is 1. The predicted molar refractivity (Wildman–Crippen MR) is 112 cm³/mol. The van der Waals surface area contributed by atoms with Gasteiger partial charge in [0.2, 0.25) is 5.01 Å². The first kappa shape index (κ1) is 18.4. The van der Waals surface area contributed by atoms with Gasteiger partial charge < -0.3 is 16.0 Å². The Kier molecular flexibility index (Phi) is 5.25. The fourth-order valence-electron chi connectivity index (χ4n) is 3.43. The summed E-state index contributed by atoms with van der Waals surface area (Å²) in [5, 5.41) is 12.5. The molecule has 0 aliphatic carbocycles. The second-order valence-corrected chi connectivity index (χ2v) is 8.10. The number of carbonyl (C=O) groups excluding carboxylic acids is 1. The lowest BCUT2D eigenvalue weighted by atomic mass is 10.00. The summed E-state index contributed by atoms with van der Waals surface area (Å²) in [5.74, 6) is -0.187. The fraction of sp³-hybridized carbons (Fsp3) is 0.286. The van der Waals surface area contributed by atoms with Crippen LogP contribution in [0.15, 0.2) is 42.5 Å². The standard InChI is InChI=1S/C21H23N5OS/c1-14-7-9-15(10-8-14)12-23-20(27)21-25-24-19(28-21)13-26-11-3-4-16-17(22)5-2-6-18(16)26/h2,5-10H,3-4,11-13,22H2,1H3,(H,23,27). The number of aromatic nitrogens is 2. The van der Waals surface area contributed by atoms with E-state index >= 15 is 0 Å². The summed E-state index contributed by atoms with van der Waals surface area (Å²) in [6.07, 6.45) is 2.06. The largest absolute Gasteiger partial charge is 0.398 e. The SMILES string of the molecule is Cc1ccc(CNC(=O)c2nnc(CN3CCCc4c(N)cccc43)s2)cc1. The lowest BCUT2D eigenvalue weighted by Crippen LogP contribution is -2.29. The fourth-order valence-corrected chi connectivity index (χ4v) is 4.20. The second kappa shape index (κ2) is 7.98. The number of anilines is 2. The Balaban J connectivity index is 1.40. The van der Waals surface area contributed by atoms with Gasteiger partial charge in [-0.15, -0.1) is 10.2 Å². The summed E-state index contributed by atoms with van der Waals surface area (Å²) in [6, 6.07) is 14.1. The predicted octanol–water partition coefficient (Wildman–Crippen LogP) is 3.31. The molecule has 0 unspecified atom stereocenters. The number of nitrogens with zero attached hydrogens (tertiary/aromatic N) is 3. The third-order valence-corrected chi connectivity index (χ3v) is 5.85. The van der Waals surface area contributed by atoms with Gasteiger partial charge >= 0.3 is 0 Å². The highest BCUT2D eigenvalue weighted by atomic mass is 32.1. The van der Waals surface area contributed by atoms with Crippen LogP contribution in [0.1, 0.15) is 37.9 Å². The van der Waals surface area contributed by atoms with Crippen LogP contribution in [-0.4, -0.2) is 22.6 Å². The molecule has 1 aromatic heterocycles. The number of aryl methyl sites for hydroxylation is 1. The molecule has 7 heteroatoms. The average Bonchev–Trinajstić information content (AvgIpc) is 3.17. The molecule has 0 saturated carbocycles. The molecule has 6 nitrogen and oxygen atoms in total. The molecule has 3 N–H and O–H groups in total. The van der Waals surface area contributed by atoms with Crippen molar-refractivity contribution in [2.24, 2.45) is 0 Å². The van der Waals surface area contributed by atoms with Gasteiger partial charge in [0, 0.05) is 24.5 Å². The Labute approximate surface area is 168 Å². The average molecular weight is 394 g/mol. The molecule has 28 heavy (non-hydrogen) atoms. The topological polar surface area (TPSA) is 84.1 Å². The van der Waals surface area contributed by atoms with E-state index in [-0.39, 0.29) is 5.91 Å². The lowest BCUT2D eigenvalue weighted by Gasteiger charge is -2.31. The van der Waals surface area contributed by atoms with Crippen molar-refractivity contribution in [3.05, 3.63) is 69.2 Å². The Bertz CT molecular complexity index is 983. The summed E-state index contributed by atoms with van der Waals surface area (Å²) < 4.78 is 0. The maximum Gasteiger partial charge on any atom is 0.282 e. The van der Waals surface area contributed by atoms with E-state index in [2.05, 4.69) is 26.5 Å². The zero-order chi connectivity index (χ0) is 19.5. The highest BCUT2D eigenvalue weighted by Gasteiger charge is 2.21. The number of nitrogens with two attached hydrogens (primary N) is 1. The monoisotopic (exact) mass is 393 g/mol. The number of rotatable bonds is 5. The first-order valence-electron chi connectivity index (χ1n) is 9.38. The van der Waals surface area contributed by atoms with Gasteiger partial charge in [-0.25, -0.2) is 0 Å². The number of hydrogen-bond donors (Lipinski definition) is 2. The van der Waals surface area contributed by atoms with Crippen molar-refractivity contribution < 1.29 is 4.79 Å². The molecule has 0 saturated heterocycles. The van der Waals surface area contributed by atoms with Crippen LogP contribution in [0.5, 0.6) is 0 Å². The van der Waals surface area contributed by atoms with Gasteiger partial charge in [-0.2, -0.15) is 0 Å². The van der Waals surface area contributed by atoms with Crippen LogP contribution in [0.4, 0.5) is 11.4 Å². The van der Waals surface area contributed by atoms with Crippen LogP contribution >= 0.6 is 11.3 Å². The quantitative estimate of drug-likeness (QED) is 0.650. The molecule has 0 fully saturated rings. The molecule has 0 spiro atoms. The van der Waals surface area contributed by atoms with E-state index in [1.165, 1.54) is 22.5 Å². The van der Waals surface area contributed by atoms with Crippen LogP contribution in [0.2, 0.25) is 0 Å². The minimum absolute atomic E-state index is 0.187. The molecule has 0 bridgehead atoms. The highest BCUT2D eigenvalue weighted by Crippen LogP contribution is 2.32. The Hall–Kier alpha value is -2.93. The van der Waals surface area contributed by atoms with E-state index in [9.17, 15) is 4.79 Å². The third kappa shape index (κ3) is 3.99. The molecule has 0 radical (unpaired) electrons. The molecule has 1 aliphatic heterocycles. The van der Waals surface area contributed by atoms with Crippen molar-refractivity contribution >= 4 is 28.6 Å². The lowest BCUT2D eigenvalue weighted by molar-refractivity contribution is 0.0950. The third-order valence-electron chi connectivity index (χ3n) is 4.94. The van der Waals surface area contributed by atoms with Crippen LogP contribution < -0.4 is 16.0 Å². The molecule has 1 aliphatic rings. The van der Waals surface area contributed by atoms with Crippen LogP contribution in [0.3, 0.4) is 0 Å². The van der Waals surface area contributed by atoms with Crippen LogP contribution in [-0.2, 0) is 19.5 Å². The van der Waals surface area contributed by atoms with Crippen molar-refractivity contribution in [3.8, 4) is 0 Å². The number of amides is 1. The summed E-state index contributed by atoms with van der Waals surface area (Å²) in [7, 11) is 0. The van der Waals surface area contributed by atoms with Crippen molar-refractivity contribution in [2.75, 3.05) is 17.2 Å². The van der Waals surface area contributed by atoms with Gasteiger partial charge in [-0.05, 0) is 43.0 Å². The van der Waals surface area contributed by atoms with E-state index in [1.807, 2.05) is 43.3 Å². The number of benzene rings is 2. The molecule has 1 amide bonds.